The van der Waals surface area contributed by atoms with Gasteiger partial charge in [0.15, 0.2) is 0 Å². The highest BCUT2D eigenvalue weighted by atomic mass is 35.5. The van der Waals surface area contributed by atoms with Gasteiger partial charge >= 0.3 is 0 Å². The van der Waals surface area contributed by atoms with Gasteiger partial charge in [0, 0.05) is 21.9 Å². The van der Waals surface area contributed by atoms with E-state index in [9.17, 15) is 14.0 Å². The summed E-state index contributed by atoms with van der Waals surface area (Å²) in [5.41, 5.74) is 1.32. The van der Waals surface area contributed by atoms with E-state index < -0.39 is 23.1 Å². The first kappa shape index (κ1) is 20.4. The summed E-state index contributed by atoms with van der Waals surface area (Å²) in [5, 5.41) is 2.72. The van der Waals surface area contributed by atoms with Crippen molar-refractivity contribution in [3.05, 3.63) is 101 Å². The number of halogens is 2. The van der Waals surface area contributed by atoms with Crippen LogP contribution in [-0.4, -0.2) is 28.5 Å². The Kier molecular flexibility index (Phi) is 6.06. The van der Waals surface area contributed by atoms with Crippen LogP contribution in [0.25, 0.3) is 0 Å². The van der Waals surface area contributed by atoms with Gasteiger partial charge in [0.2, 0.25) is 5.91 Å². The molecule has 2 atom stereocenters. The fourth-order valence-electron chi connectivity index (χ4n) is 3.38. The number of hydrogen-bond donors (Lipinski definition) is 1. The number of para-hydroxylation sites is 1. The Hall–Kier alpha value is -2.83. The summed E-state index contributed by atoms with van der Waals surface area (Å²) < 4.78 is 14.0. The molecule has 1 saturated heterocycles. The maximum absolute atomic E-state index is 14.0. The smallest absolute Gasteiger partial charge is 0.255 e. The predicted molar refractivity (Wildman–Crippen MR) is 118 cm³/mol. The maximum Gasteiger partial charge on any atom is 0.255 e. The molecule has 152 valence electrons. The van der Waals surface area contributed by atoms with E-state index in [1.165, 1.54) is 28.8 Å². The zero-order valence-electron chi connectivity index (χ0n) is 15.8. The molecule has 1 N–H and O–H groups in total. The van der Waals surface area contributed by atoms with Crippen LogP contribution in [0.5, 0.6) is 0 Å². The number of carbonyl (C=O) groups is 2. The zero-order chi connectivity index (χ0) is 21.1. The van der Waals surface area contributed by atoms with E-state index in [4.69, 9.17) is 11.6 Å². The highest BCUT2D eigenvalue weighted by molar-refractivity contribution is 7.99. The Balaban J connectivity index is 1.69. The van der Waals surface area contributed by atoms with Crippen LogP contribution in [0.3, 0.4) is 0 Å². The topological polar surface area (TPSA) is 49.4 Å². The van der Waals surface area contributed by atoms with Crippen molar-refractivity contribution in [1.29, 1.82) is 0 Å². The molecule has 0 radical (unpaired) electrons. The molecule has 1 fully saturated rings. The maximum atomic E-state index is 14.0. The highest BCUT2D eigenvalue weighted by Gasteiger charge is 2.43. The Labute approximate surface area is 183 Å². The zero-order valence-corrected chi connectivity index (χ0v) is 17.4. The van der Waals surface area contributed by atoms with Crippen molar-refractivity contribution in [2.45, 2.75) is 11.4 Å². The SMILES string of the molecule is O=C(Nc1ccccc1F)C1CSC(c2ccccc2Cl)N1C(=O)c1ccccc1. The number of thioether (sulfide) groups is 1. The number of hydrogen-bond acceptors (Lipinski definition) is 3. The number of rotatable bonds is 4. The number of anilines is 1. The third-order valence-electron chi connectivity index (χ3n) is 4.86. The molecule has 4 nitrogen and oxygen atoms in total. The molecule has 0 bridgehead atoms. The van der Waals surface area contributed by atoms with Crippen molar-refractivity contribution in [2.75, 3.05) is 11.1 Å². The summed E-state index contributed by atoms with van der Waals surface area (Å²) in [4.78, 5) is 28.0. The van der Waals surface area contributed by atoms with Crippen LogP contribution < -0.4 is 5.32 Å². The minimum Gasteiger partial charge on any atom is -0.322 e. The number of nitrogens with one attached hydrogen (secondary N) is 1. The lowest BCUT2D eigenvalue weighted by Gasteiger charge is -2.29. The molecule has 0 saturated carbocycles. The molecule has 1 heterocycles. The molecule has 30 heavy (non-hydrogen) atoms. The van der Waals surface area contributed by atoms with Crippen molar-refractivity contribution in [3.8, 4) is 0 Å². The number of benzene rings is 3. The van der Waals surface area contributed by atoms with Crippen molar-refractivity contribution in [2.24, 2.45) is 0 Å². The molecule has 0 spiro atoms. The monoisotopic (exact) mass is 440 g/mol. The van der Waals surface area contributed by atoms with E-state index in [1.807, 2.05) is 24.3 Å². The van der Waals surface area contributed by atoms with Crippen LogP contribution >= 0.6 is 23.4 Å². The number of amides is 2. The van der Waals surface area contributed by atoms with Gasteiger partial charge in [-0.2, -0.15) is 0 Å². The lowest BCUT2D eigenvalue weighted by atomic mass is 10.1. The molecule has 2 unspecified atom stereocenters. The van der Waals surface area contributed by atoms with Gasteiger partial charge in [0.1, 0.15) is 17.2 Å². The second-order valence-corrected chi connectivity index (χ2v) is 8.29. The Morgan fingerprint density at radius 2 is 1.63 bits per heavy atom. The fourth-order valence-corrected chi connectivity index (χ4v) is 5.15. The van der Waals surface area contributed by atoms with Gasteiger partial charge in [-0.3, -0.25) is 9.59 Å². The third-order valence-corrected chi connectivity index (χ3v) is 6.51. The van der Waals surface area contributed by atoms with Crippen LogP contribution in [0.1, 0.15) is 21.3 Å². The summed E-state index contributed by atoms with van der Waals surface area (Å²) in [6.45, 7) is 0. The first-order valence-corrected chi connectivity index (χ1v) is 10.8. The molecular formula is C23H18ClFN2O2S. The lowest BCUT2D eigenvalue weighted by Crippen LogP contribution is -2.45. The molecule has 0 aliphatic carbocycles. The molecular weight excluding hydrogens is 423 g/mol. The van der Waals surface area contributed by atoms with E-state index in [1.54, 1.807) is 42.5 Å². The van der Waals surface area contributed by atoms with Gasteiger partial charge < -0.3 is 10.2 Å². The average molecular weight is 441 g/mol. The van der Waals surface area contributed by atoms with Crippen LogP contribution in [0, 0.1) is 5.82 Å². The van der Waals surface area contributed by atoms with Crippen molar-refractivity contribution in [1.82, 2.24) is 4.90 Å². The molecule has 2 amide bonds. The Morgan fingerprint density at radius 1 is 0.967 bits per heavy atom. The fraction of sp³-hybridized carbons (Fsp3) is 0.130. The van der Waals surface area contributed by atoms with Crippen LogP contribution in [0.15, 0.2) is 78.9 Å². The Bertz CT molecular complexity index is 1080. The van der Waals surface area contributed by atoms with Crippen molar-refractivity contribution >= 4 is 40.9 Å². The van der Waals surface area contributed by atoms with E-state index >= 15 is 0 Å². The van der Waals surface area contributed by atoms with Crippen LogP contribution in [0.4, 0.5) is 10.1 Å². The Morgan fingerprint density at radius 3 is 2.37 bits per heavy atom. The van der Waals surface area contributed by atoms with E-state index in [-0.39, 0.29) is 11.6 Å². The van der Waals surface area contributed by atoms with E-state index in [2.05, 4.69) is 5.32 Å². The summed E-state index contributed by atoms with van der Waals surface area (Å²) in [6, 6.07) is 21.2. The predicted octanol–water partition coefficient (Wildman–Crippen LogP) is 5.37. The van der Waals surface area contributed by atoms with Gasteiger partial charge in [-0.05, 0) is 30.3 Å². The van der Waals surface area contributed by atoms with Crippen LogP contribution in [0.2, 0.25) is 5.02 Å². The first-order chi connectivity index (χ1) is 14.6. The van der Waals surface area contributed by atoms with E-state index in [0.717, 1.165) is 5.56 Å². The van der Waals surface area contributed by atoms with Gasteiger partial charge in [0.05, 0.1) is 5.69 Å². The summed E-state index contributed by atoms with van der Waals surface area (Å²) >= 11 is 7.85. The number of carbonyl (C=O) groups excluding carboxylic acids is 2. The second kappa shape index (κ2) is 8.90. The summed E-state index contributed by atoms with van der Waals surface area (Å²) in [5.74, 6) is -0.875. The molecule has 3 aromatic carbocycles. The molecule has 0 aromatic heterocycles. The molecule has 4 rings (SSSR count). The molecule has 1 aliphatic rings. The normalized spacial score (nSPS) is 18.3. The van der Waals surface area contributed by atoms with Crippen molar-refractivity contribution < 1.29 is 14.0 Å². The summed E-state index contributed by atoms with van der Waals surface area (Å²) in [7, 11) is 0. The van der Waals surface area contributed by atoms with Gasteiger partial charge in [0.25, 0.3) is 5.91 Å². The number of nitrogens with zero attached hydrogens (tertiary/aromatic N) is 1. The largest absolute Gasteiger partial charge is 0.322 e. The standard InChI is InChI=1S/C23H18ClFN2O2S/c24-17-11-5-4-10-16(17)23-27(22(29)15-8-2-1-3-9-15)20(14-30-23)21(28)26-19-13-7-6-12-18(19)25/h1-13,20,23H,14H2,(H,26,28). The van der Waals surface area contributed by atoms with Gasteiger partial charge in [-0.25, -0.2) is 4.39 Å². The first-order valence-electron chi connectivity index (χ1n) is 9.35. The molecule has 1 aliphatic heterocycles. The molecule has 7 heteroatoms. The van der Waals surface area contributed by atoms with Crippen LogP contribution in [-0.2, 0) is 4.79 Å². The highest BCUT2D eigenvalue weighted by Crippen LogP contribution is 2.44. The minimum atomic E-state index is -0.774. The molecule has 3 aromatic rings. The van der Waals surface area contributed by atoms with Gasteiger partial charge in [-0.15, -0.1) is 11.8 Å². The van der Waals surface area contributed by atoms with Gasteiger partial charge in [-0.1, -0.05) is 60.1 Å². The third kappa shape index (κ3) is 4.06. The van der Waals surface area contributed by atoms with E-state index in [0.29, 0.717) is 16.3 Å². The average Bonchev–Trinajstić information content (AvgIpc) is 3.21. The lowest BCUT2D eigenvalue weighted by molar-refractivity contribution is -0.119. The second-order valence-electron chi connectivity index (χ2n) is 6.77. The summed E-state index contributed by atoms with van der Waals surface area (Å²) in [6.07, 6.45) is 0. The van der Waals surface area contributed by atoms with Crippen molar-refractivity contribution in [3.63, 3.8) is 0 Å². The quantitative estimate of drug-likeness (QED) is 0.593. The minimum absolute atomic E-state index is 0.0841.